The highest BCUT2D eigenvalue weighted by Crippen LogP contribution is 2.47. The topological polar surface area (TPSA) is 12.5 Å². The highest BCUT2D eigenvalue weighted by molar-refractivity contribution is 5.90. The van der Waals surface area contributed by atoms with Crippen LogP contribution in [0, 0.1) is 24.1 Å². The van der Waals surface area contributed by atoms with Gasteiger partial charge in [-0.15, -0.1) is 0 Å². The third-order valence-corrected chi connectivity index (χ3v) is 5.97. The number of rotatable bonds is 0. The monoisotopic (exact) mass is 413 g/mol. The Morgan fingerprint density at radius 3 is 2.39 bits per heavy atom. The minimum absolute atomic E-state index is 0.0976. The van der Waals surface area contributed by atoms with E-state index in [0.717, 1.165) is 34.0 Å². The van der Waals surface area contributed by atoms with E-state index in [2.05, 4.69) is 50.2 Å². The Labute approximate surface area is 180 Å². The zero-order chi connectivity index (χ0) is 21.9. The molecule has 2 aliphatic carbocycles. The molecular weight excluding hydrogens is 392 g/mol. The molecular formula is C27H21F2NO. The van der Waals surface area contributed by atoms with Crippen molar-refractivity contribution in [1.82, 2.24) is 0 Å². The maximum Gasteiger partial charge on any atom is 0.168 e. The summed E-state index contributed by atoms with van der Waals surface area (Å²) in [5.74, 6) is -1.21. The zero-order valence-electron chi connectivity index (χ0n) is 17.6. The van der Waals surface area contributed by atoms with E-state index in [9.17, 15) is 8.78 Å². The van der Waals surface area contributed by atoms with Gasteiger partial charge in [0.2, 0.25) is 0 Å². The normalized spacial score (nSPS) is 15.7. The zero-order valence-corrected chi connectivity index (χ0v) is 17.6. The van der Waals surface area contributed by atoms with E-state index in [1.165, 1.54) is 17.2 Å². The summed E-state index contributed by atoms with van der Waals surface area (Å²) in [6, 6.07) is 17.2. The second-order valence-electron chi connectivity index (χ2n) is 8.57. The SMILES string of the molecule is C#CN1c2ccc3c(c2C(C)=CC1(C)C)COc1c(F)cc(F)cc1-3.c1cc2cc-2c1. The molecule has 0 radical (unpaired) electrons. The minimum atomic E-state index is -0.683. The first-order valence-corrected chi connectivity index (χ1v) is 10.1. The molecule has 4 aliphatic rings. The number of hydrogen-bond acceptors (Lipinski definition) is 2. The third-order valence-electron chi connectivity index (χ3n) is 5.97. The van der Waals surface area contributed by atoms with Crippen molar-refractivity contribution in [2.45, 2.75) is 32.9 Å². The van der Waals surface area contributed by atoms with E-state index < -0.39 is 11.6 Å². The average Bonchev–Trinajstić information content (AvgIpc) is 3.31. The fourth-order valence-electron chi connectivity index (χ4n) is 4.60. The summed E-state index contributed by atoms with van der Waals surface area (Å²) >= 11 is 0. The van der Waals surface area contributed by atoms with Gasteiger partial charge in [0.15, 0.2) is 11.6 Å². The number of anilines is 1. The Balaban J connectivity index is 0.000000289. The van der Waals surface area contributed by atoms with E-state index in [1.807, 2.05) is 24.0 Å². The van der Waals surface area contributed by atoms with Gasteiger partial charge in [0.1, 0.15) is 12.4 Å². The van der Waals surface area contributed by atoms with Crippen molar-refractivity contribution in [3.8, 4) is 40.5 Å². The fraction of sp³-hybridized carbons (Fsp3) is 0.185. The first-order valence-electron chi connectivity index (χ1n) is 10.1. The van der Waals surface area contributed by atoms with Gasteiger partial charge in [0.25, 0.3) is 0 Å². The van der Waals surface area contributed by atoms with Crippen LogP contribution in [0.5, 0.6) is 5.75 Å². The van der Waals surface area contributed by atoms with Gasteiger partial charge in [-0.2, -0.15) is 0 Å². The molecule has 0 atom stereocenters. The molecule has 2 aromatic rings. The molecule has 0 amide bonds. The predicted molar refractivity (Wildman–Crippen MR) is 121 cm³/mol. The van der Waals surface area contributed by atoms with E-state index in [4.69, 9.17) is 11.2 Å². The summed E-state index contributed by atoms with van der Waals surface area (Å²) in [5, 5.41) is 0. The molecule has 0 N–H and O–H groups in total. The molecule has 0 saturated carbocycles. The summed E-state index contributed by atoms with van der Waals surface area (Å²) in [4.78, 5) is 1.87. The number of hydrogen-bond donors (Lipinski definition) is 0. The van der Waals surface area contributed by atoms with Gasteiger partial charge >= 0.3 is 0 Å². The molecule has 0 fully saturated rings. The predicted octanol–water partition coefficient (Wildman–Crippen LogP) is 6.78. The van der Waals surface area contributed by atoms with Crippen LogP contribution in [-0.2, 0) is 6.61 Å². The van der Waals surface area contributed by atoms with Crippen LogP contribution in [0.3, 0.4) is 0 Å². The lowest BCUT2D eigenvalue weighted by Crippen LogP contribution is -2.42. The van der Waals surface area contributed by atoms with Crippen LogP contribution in [0.1, 0.15) is 31.9 Å². The molecule has 154 valence electrons. The van der Waals surface area contributed by atoms with Crippen LogP contribution in [0.15, 0.2) is 54.6 Å². The van der Waals surface area contributed by atoms with E-state index in [0.29, 0.717) is 5.56 Å². The lowest BCUT2D eigenvalue weighted by atomic mass is 9.83. The van der Waals surface area contributed by atoms with E-state index >= 15 is 0 Å². The van der Waals surface area contributed by atoms with E-state index in [1.54, 1.807) is 0 Å². The van der Waals surface area contributed by atoms with Crippen LogP contribution in [0.2, 0.25) is 0 Å². The second kappa shape index (κ2) is 6.72. The first kappa shape index (κ1) is 19.4. The van der Waals surface area contributed by atoms with Crippen molar-refractivity contribution >= 4 is 11.3 Å². The Morgan fingerprint density at radius 1 is 1.03 bits per heavy atom. The molecule has 4 heteroatoms. The van der Waals surface area contributed by atoms with Gasteiger partial charge in [-0.3, -0.25) is 4.90 Å². The number of benzene rings is 3. The summed E-state index contributed by atoms with van der Waals surface area (Å²) in [6.45, 7) is 6.35. The van der Waals surface area contributed by atoms with Crippen molar-refractivity contribution in [2.24, 2.45) is 0 Å². The van der Waals surface area contributed by atoms with Crippen molar-refractivity contribution in [3.63, 3.8) is 0 Å². The van der Waals surface area contributed by atoms with Crippen LogP contribution < -0.4 is 9.64 Å². The summed E-state index contributed by atoms with van der Waals surface area (Å²) < 4.78 is 33.4. The third kappa shape index (κ3) is 3.09. The molecule has 2 aliphatic heterocycles. The van der Waals surface area contributed by atoms with Crippen LogP contribution in [0.4, 0.5) is 14.5 Å². The van der Waals surface area contributed by atoms with Crippen molar-refractivity contribution < 1.29 is 13.5 Å². The van der Waals surface area contributed by atoms with Gasteiger partial charge in [0, 0.05) is 28.8 Å². The fourth-order valence-corrected chi connectivity index (χ4v) is 4.60. The van der Waals surface area contributed by atoms with E-state index in [-0.39, 0.29) is 17.9 Å². The molecule has 0 saturated heterocycles. The lowest BCUT2D eigenvalue weighted by Gasteiger charge is -2.40. The largest absolute Gasteiger partial charge is 0.485 e. The van der Waals surface area contributed by atoms with Crippen molar-refractivity contribution in [3.05, 3.63) is 77.4 Å². The first-order chi connectivity index (χ1) is 14.8. The number of terminal acetylenes is 1. The molecule has 2 aromatic carbocycles. The quantitative estimate of drug-likeness (QED) is 0.295. The minimum Gasteiger partial charge on any atom is -0.485 e. The number of nitrogens with zero attached hydrogens (tertiary/aromatic N) is 1. The Morgan fingerprint density at radius 2 is 1.77 bits per heavy atom. The molecule has 0 bridgehead atoms. The van der Waals surface area contributed by atoms with Gasteiger partial charge in [-0.05, 0) is 61.2 Å². The number of ether oxygens (including phenoxy) is 1. The highest BCUT2D eigenvalue weighted by atomic mass is 19.1. The Hall–Kier alpha value is -3.58. The highest BCUT2D eigenvalue weighted by Gasteiger charge is 2.34. The van der Waals surface area contributed by atoms with Gasteiger partial charge < -0.3 is 4.74 Å². The van der Waals surface area contributed by atoms with Gasteiger partial charge in [-0.25, -0.2) is 8.78 Å². The molecule has 31 heavy (non-hydrogen) atoms. The Bertz CT molecular complexity index is 1300. The Kier molecular flexibility index (Phi) is 4.20. The van der Waals surface area contributed by atoms with Crippen molar-refractivity contribution in [1.29, 1.82) is 0 Å². The lowest BCUT2D eigenvalue weighted by molar-refractivity contribution is 0.285. The summed E-state index contributed by atoms with van der Waals surface area (Å²) in [6.07, 6.45) is 7.86. The molecule has 0 unspecified atom stereocenters. The molecule has 2 heterocycles. The molecule has 0 spiro atoms. The average molecular weight is 413 g/mol. The molecule has 2 nitrogen and oxygen atoms in total. The standard InChI is InChI=1S/C21H17F2NO.C6H4/c1-5-24-18-7-6-14-15-8-13(22)9-17(23)20(15)25-11-16(14)19(18)12(2)10-21(24,3)4;1-2-5-4-6(5)3-1/h1,6-10H,11H2,2-4H3;1-4H. The van der Waals surface area contributed by atoms with Gasteiger partial charge in [-0.1, -0.05) is 36.8 Å². The smallest absolute Gasteiger partial charge is 0.168 e. The maximum atomic E-state index is 14.0. The maximum absolute atomic E-state index is 14.0. The summed E-state index contributed by atoms with van der Waals surface area (Å²) in [5.41, 5.74) is 7.62. The molecule has 6 rings (SSSR count). The molecule has 0 aromatic heterocycles. The van der Waals surface area contributed by atoms with Gasteiger partial charge in [0.05, 0.1) is 11.2 Å². The number of fused-ring (bicyclic) bond motifs is 6. The number of halogens is 2. The summed E-state index contributed by atoms with van der Waals surface area (Å²) in [7, 11) is 0. The van der Waals surface area contributed by atoms with Crippen LogP contribution in [0.25, 0.3) is 27.8 Å². The van der Waals surface area contributed by atoms with Crippen LogP contribution in [-0.4, -0.2) is 5.54 Å². The number of allylic oxidation sites excluding steroid dienone is 1. The second-order valence-corrected chi connectivity index (χ2v) is 8.57. The van der Waals surface area contributed by atoms with Crippen LogP contribution >= 0.6 is 0 Å². The van der Waals surface area contributed by atoms with Crippen molar-refractivity contribution in [2.75, 3.05) is 4.90 Å².